The van der Waals surface area contributed by atoms with Crippen molar-refractivity contribution in [2.75, 3.05) is 18.0 Å². The van der Waals surface area contributed by atoms with Gasteiger partial charge in [0.2, 0.25) is 0 Å². The number of nitro benzene ring substituents is 1. The molecule has 1 aromatic carbocycles. The third-order valence-corrected chi connectivity index (χ3v) is 4.01. The molecular weight excluding hydrogens is 279 g/mol. The van der Waals surface area contributed by atoms with Crippen LogP contribution in [0.4, 0.5) is 15.8 Å². The lowest BCUT2D eigenvalue weighted by atomic mass is 9.83. The van der Waals surface area contributed by atoms with Crippen LogP contribution in [0.3, 0.4) is 0 Å². The molecule has 1 aliphatic heterocycles. The second kappa shape index (κ2) is 5.67. The molecule has 0 saturated carbocycles. The highest BCUT2D eigenvalue weighted by Gasteiger charge is 2.45. The number of nitro groups is 1. The number of nitrogens with zero attached hydrogens (tertiary/aromatic N) is 2. The van der Waals surface area contributed by atoms with Crippen LogP contribution in [0, 0.1) is 21.3 Å². The summed E-state index contributed by atoms with van der Waals surface area (Å²) in [6, 6.07) is 3.25. The van der Waals surface area contributed by atoms with Crippen LogP contribution in [0.5, 0.6) is 0 Å². The van der Waals surface area contributed by atoms with E-state index < -0.39 is 22.1 Å². The van der Waals surface area contributed by atoms with Gasteiger partial charge in [0.25, 0.3) is 5.69 Å². The Balaban J connectivity index is 2.35. The summed E-state index contributed by atoms with van der Waals surface area (Å²) in [5.74, 6) is -1.47. The van der Waals surface area contributed by atoms with E-state index in [1.165, 1.54) is 0 Å². The maximum absolute atomic E-state index is 13.4. The van der Waals surface area contributed by atoms with E-state index in [4.69, 9.17) is 0 Å². The number of anilines is 1. The van der Waals surface area contributed by atoms with E-state index in [-0.39, 0.29) is 17.9 Å². The highest BCUT2D eigenvalue weighted by Crippen LogP contribution is 2.40. The minimum Gasteiger partial charge on any atom is -0.481 e. The molecule has 1 aliphatic rings. The van der Waals surface area contributed by atoms with Crippen LogP contribution in [0.25, 0.3) is 0 Å². The van der Waals surface area contributed by atoms with Crippen molar-refractivity contribution < 1.29 is 19.2 Å². The predicted molar refractivity (Wildman–Crippen MR) is 74.9 cm³/mol. The van der Waals surface area contributed by atoms with Gasteiger partial charge in [0, 0.05) is 25.2 Å². The number of hydrogen-bond acceptors (Lipinski definition) is 4. The summed E-state index contributed by atoms with van der Waals surface area (Å²) in [6.07, 6.45) is 1.62. The van der Waals surface area contributed by atoms with Crippen molar-refractivity contribution in [1.29, 1.82) is 0 Å². The maximum atomic E-state index is 13.4. The molecule has 7 heteroatoms. The smallest absolute Gasteiger partial charge is 0.311 e. The van der Waals surface area contributed by atoms with Crippen LogP contribution in [-0.4, -0.2) is 29.1 Å². The average Bonchev–Trinajstić information content (AvgIpc) is 2.84. The fourth-order valence-corrected chi connectivity index (χ4v) is 2.95. The van der Waals surface area contributed by atoms with Crippen LogP contribution in [-0.2, 0) is 4.79 Å². The minimum atomic E-state index is -0.908. The van der Waals surface area contributed by atoms with Gasteiger partial charge >= 0.3 is 5.97 Å². The first kappa shape index (κ1) is 15.2. The molecule has 0 bridgehead atoms. The first-order valence-corrected chi connectivity index (χ1v) is 6.82. The predicted octanol–water partition coefficient (Wildman–Crippen LogP) is 2.82. The van der Waals surface area contributed by atoms with Crippen LogP contribution in [0.15, 0.2) is 18.2 Å². The van der Waals surface area contributed by atoms with E-state index in [0.29, 0.717) is 25.8 Å². The summed E-state index contributed by atoms with van der Waals surface area (Å²) in [7, 11) is 0. The molecule has 0 amide bonds. The molecule has 6 nitrogen and oxygen atoms in total. The zero-order chi connectivity index (χ0) is 15.6. The van der Waals surface area contributed by atoms with Crippen molar-refractivity contribution >= 4 is 17.3 Å². The Kier molecular flexibility index (Phi) is 4.11. The van der Waals surface area contributed by atoms with Crippen molar-refractivity contribution in [3.63, 3.8) is 0 Å². The second-order valence-corrected chi connectivity index (χ2v) is 5.40. The summed E-state index contributed by atoms with van der Waals surface area (Å²) in [6.45, 7) is 2.44. The number of halogens is 1. The monoisotopic (exact) mass is 296 g/mol. The summed E-state index contributed by atoms with van der Waals surface area (Å²) < 4.78 is 13.4. The molecule has 1 heterocycles. The van der Waals surface area contributed by atoms with Crippen LogP contribution in [0.1, 0.15) is 26.2 Å². The first-order chi connectivity index (χ1) is 9.89. The normalized spacial score (nSPS) is 21.5. The quantitative estimate of drug-likeness (QED) is 0.667. The molecule has 114 valence electrons. The molecule has 1 N–H and O–H groups in total. The number of benzene rings is 1. The molecule has 1 atom stereocenters. The molecular formula is C14H17FN2O4. The molecule has 0 aromatic heterocycles. The van der Waals surface area contributed by atoms with E-state index in [0.717, 1.165) is 18.2 Å². The number of carboxylic acids is 1. The lowest BCUT2D eigenvalue weighted by molar-refractivity contribution is -0.384. The Hall–Kier alpha value is -2.18. The molecule has 1 aromatic rings. The Labute approximate surface area is 121 Å². The second-order valence-electron chi connectivity index (χ2n) is 5.40. The van der Waals surface area contributed by atoms with Crippen molar-refractivity contribution in [3.8, 4) is 0 Å². The Morgan fingerprint density at radius 2 is 2.29 bits per heavy atom. The van der Waals surface area contributed by atoms with Gasteiger partial charge < -0.3 is 10.0 Å². The molecule has 1 unspecified atom stereocenters. The fraction of sp³-hybridized carbons (Fsp3) is 0.500. The molecule has 0 radical (unpaired) electrons. The lowest BCUT2D eigenvalue weighted by Gasteiger charge is -2.25. The van der Waals surface area contributed by atoms with Gasteiger partial charge in [-0.05, 0) is 18.9 Å². The highest BCUT2D eigenvalue weighted by molar-refractivity contribution is 5.77. The minimum absolute atomic E-state index is 0.152. The van der Waals surface area contributed by atoms with E-state index in [2.05, 4.69) is 0 Å². The van der Waals surface area contributed by atoms with Gasteiger partial charge in [-0.15, -0.1) is 0 Å². The lowest BCUT2D eigenvalue weighted by Crippen LogP contribution is -2.34. The number of rotatable bonds is 5. The fourth-order valence-electron chi connectivity index (χ4n) is 2.95. The Morgan fingerprint density at radius 3 is 2.86 bits per heavy atom. The summed E-state index contributed by atoms with van der Waals surface area (Å²) >= 11 is 0. The SMILES string of the molecule is CCCC1(C(=O)O)CCN(c2cc(F)ccc2[N+](=O)[O-])C1. The van der Waals surface area contributed by atoms with Gasteiger partial charge in [0.05, 0.1) is 10.3 Å². The van der Waals surface area contributed by atoms with Crippen molar-refractivity contribution in [2.24, 2.45) is 5.41 Å². The maximum Gasteiger partial charge on any atom is 0.311 e. The molecule has 1 saturated heterocycles. The highest BCUT2D eigenvalue weighted by atomic mass is 19.1. The van der Waals surface area contributed by atoms with Gasteiger partial charge in [-0.2, -0.15) is 0 Å². The zero-order valence-electron chi connectivity index (χ0n) is 11.7. The van der Waals surface area contributed by atoms with Crippen LogP contribution >= 0.6 is 0 Å². The van der Waals surface area contributed by atoms with E-state index >= 15 is 0 Å². The summed E-state index contributed by atoms with van der Waals surface area (Å²) in [5, 5.41) is 20.5. The largest absolute Gasteiger partial charge is 0.481 e. The number of carboxylic acid groups (broad SMARTS) is 1. The van der Waals surface area contributed by atoms with Crippen molar-refractivity contribution in [2.45, 2.75) is 26.2 Å². The number of hydrogen-bond donors (Lipinski definition) is 1. The van der Waals surface area contributed by atoms with E-state index in [1.54, 1.807) is 4.90 Å². The molecule has 0 aliphatic carbocycles. The summed E-state index contributed by atoms with van der Waals surface area (Å²) in [5.41, 5.74) is -0.956. The number of carbonyl (C=O) groups is 1. The first-order valence-electron chi connectivity index (χ1n) is 6.82. The van der Waals surface area contributed by atoms with Gasteiger partial charge in [0.1, 0.15) is 11.5 Å². The Morgan fingerprint density at radius 1 is 1.57 bits per heavy atom. The van der Waals surface area contributed by atoms with E-state index in [1.807, 2.05) is 6.92 Å². The summed E-state index contributed by atoms with van der Waals surface area (Å²) in [4.78, 5) is 23.6. The van der Waals surface area contributed by atoms with Gasteiger partial charge in [-0.25, -0.2) is 4.39 Å². The Bertz CT molecular complexity index is 578. The molecule has 2 rings (SSSR count). The molecule has 1 fully saturated rings. The van der Waals surface area contributed by atoms with Gasteiger partial charge in [-0.3, -0.25) is 14.9 Å². The third-order valence-electron chi connectivity index (χ3n) is 4.01. The average molecular weight is 296 g/mol. The third kappa shape index (κ3) is 2.81. The van der Waals surface area contributed by atoms with Crippen LogP contribution in [0.2, 0.25) is 0 Å². The van der Waals surface area contributed by atoms with Crippen LogP contribution < -0.4 is 4.90 Å². The van der Waals surface area contributed by atoms with E-state index in [9.17, 15) is 24.4 Å². The molecule has 21 heavy (non-hydrogen) atoms. The molecule has 0 spiro atoms. The zero-order valence-corrected chi connectivity index (χ0v) is 11.7. The van der Waals surface area contributed by atoms with Gasteiger partial charge in [0.15, 0.2) is 0 Å². The number of aliphatic carboxylic acids is 1. The standard InChI is InChI=1S/C14H17FN2O4/c1-2-5-14(13(18)19)6-7-16(9-14)12-8-10(15)3-4-11(12)17(20)21/h3-4,8H,2,5-7,9H2,1H3,(H,18,19). The van der Waals surface area contributed by atoms with Crippen molar-refractivity contribution in [1.82, 2.24) is 0 Å². The van der Waals surface area contributed by atoms with Crippen molar-refractivity contribution in [3.05, 3.63) is 34.1 Å². The topological polar surface area (TPSA) is 83.7 Å². The van der Waals surface area contributed by atoms with Gasteiger partial charge in [-0.1, -0.05) is 13.3 Å².